The number of carbonyl (C=O) groups is 1. The fourth-order valence-corrected chi connectivity index (χ4v) is 2.01. The molecule has 0 unspecified atom stereocenters. The second-order valence-electron chi connectivity index (χ2n) is 3.67. The molecule has 20 heavy (non-hydrogen) atoms. The Bertz CT molecular complexity index is 578. The highest BCUT2D eigenvalue weighted by atomic mass is 35.7. The summed E-state index contributed by atoms with van der Waals surface area (Å²) in [5.74, 6) is -1.47. The van der Waals surface area contributed by atoms with Crippen molar-refractivity contribution < 1.29 is 27.1 Å². The first-order valence-corrected chi connectivity index (χ1v) is 7.76. The van der Waals surface area contributed by atoms with Crippen LogP contribution >= 0.6 is 10.7 Å². The quantitative estimate of drug-likeness (QED) is 0.604. The van der Waals surface area contributed by atoms with Crippen molar-refractivity contribution in [2.24, 2.45) is 0 Å². The molecule has 0 aliphatic rings. The Morgan fingerprint density at radius 1 is 1.40 bits per heavy atom. The van der Waals surface area contributed by atoms with Gasteiger partial charge < -0.3 is 14.8 Å². The number of amides is 1. The molecular weight excluding hydrogens is 313 g/mol. The van der Waals surface area contributed by atoms with Gasteiger partial charge in [0.25, 0.3) is 9.05 Å². The summed E-state index contributed by atoms with van der Waals surface area (Å²) in [6.45, 7) is 0.304. The van der Waals surface area contributed by atoms with Gasteiger partial charge in [0.1, 0.15) is 12.4 Å². The molecule has 0 fully saturated rings. The topological polar surface area (TPSA) is 81.7 Å². The van der Waals surface area contributed by atoms with Crippen LogP contribution in [0.3, 0.4) is 0 Å². The zero-order chi connectivity index (χ0) is 15.2. The molecule has 6 nitrogen and oxygen atoms in total. The molecule has 9 heteroatoms. The molecule has 1 amide bonds. The summed E-state index contributed by atoms with van der Waals surface area (Å²) in [5.41, 5.74) is -0.158. The molecule has 0 atom stereocenters. The Kier molecular flexibility index (Phi) is 6.34. The lowest BCUT2D eigenvalue weighted by molar-refractivity contribution is -0.121. The number of hydrogen-bond acceptors (Lipinski definition) is 5. The largest absolute Gasteiger partial charge is 0.382 e. The van der Waals surface area contributed by atoms with Gasteiger partial charge in [0.15, 0.2) is 0 Å². The van der Waals surface area contributed by atoms with E-state index in [9.17, 15) is 17.6 Å². The van der Waals surface area contributed by atoms with Crippen molar-refractivity contribution >= 4 is 31.3 Å². The summed E-state index contributed by atoms with van der Waals surface area (Å²) < 4.78 is 45.3. The van der Waals surface area contributed by atoms with Crippen molar-refractivity contribution in [2.45, 2.75) is 4.90 Å². The Morgan fingerprint density at radius 2 is 2.10 bits per heavy atom. The average Bonchev–Trinajstić information content (AvgIpc) is 2.36. The zero-order valence-corrected chi connectivity index (χ0v) is 12.1. The molecule has 112 valence electrons. The number of anilines is 1. The number of hydrogen-bond donors (Lipinski definition) is 1. The summed E-state index contributed by atoms with van der Waals surface area (Å²) in [4.78, 5) is 11.0. The highest BCUT2D eigenvalue weighted by Gasteiger charge is 2.14. The lowest BCUT2D eigenvalue weighted by Crippen LogP contribution is -2.20. The maximum Gasteiger partial charge on any atom is 0.261 e. The molecule has 1 rings (SSSR count). The molecule has 0 spiro atoms. The number of carbonyl (C=O) groups excluding carboxylic acids is 1. The van der Waals surface area contributed by atoms with Gasteiger partial charge in [0, 0.05) is 17.8 Å². The van der Waals surface area contributed by atoms with Crippen LogP contribution in [0.4, 0.5) is 10.1 Å². The summed E-state index contributed by atoms with van der Waals surface area (Å²) in [5, 5.41) is 2.25. The molecule has 1 aromatic rings. The van der Waals surface area contributed by atoms with E-state index in [1.165, 1.54) is 7.11 Å². The molecule has 0 heterocycles. The minimum absolute atomic E-state index is 0.158. The van der Waals surface area contributed by atoms with Crippen LogP contribution in [0.2, 0.25) is 0 Å². The molecule has 1 N–H and O–H groups in total. The number of halogens is 2. The number of nitrogens with one attached hydrogen (secondary N) is 1. The van der Waals surface area contributed by atoms with Crippen molar-refractivity contribution in [3.63, 3.8) is 0 Å². The second-order valence-corrected chi connectivity index (χ2v) is 6.24. The lowest BCUT2D eigenvalue weighted by atomic mass is 10.3. The molecule has 1 aromatic carbocycles. The van der Waals surface area contributed by atoms with Gasteiger partial charge in [-0.25, -0.2) is 12.8 Å². The normalized spacial score (nSPS) is 11.3. The van der Waals surface area contributed by atoms with Crippen molar-refractivity contribution in [2.75, 3.05) is 32.2 Å². The Morgan fingerprint density at radius 3 is 2.65 bits per heavy atom. The van der Waals surface area contributed by atoms with Crippen LogP contribution in [0.15, 0.2) is 23.1 Å². The van der Waals surface area contributed by atoms with E-state index in [0.29, 0.717) is 6.61 Å². The molecule has 0 aliphatic heterocycles. The number of benzene rings is 1. The van der Waals surface area contributed by atoms with Gasteiger partial charge >= 0.3 is 0 Å². The SMILES string of the molecule is COCCOCC(=O)Nc1ccc(S(=O)(=O)Cl)cc1F. The minimum atomic E-state index is -4.01. The Balaban J connectivity index is 2.63. The third-order valence-electron chi connectivity index (χ3n) is 2.16. The number of rotatable bonds is 7. The van der Waals surface area contributed by atoms with Gasteiger partial charge in [-0.05, 0) is 18.2 Å². The Labute approximate surface area is 120 Å². The van der Waals surface area contributed by atoms with Crippen molar-refractivity contribution in [3.8, 4) is 0 Å². The molecule has 0 saturated carbocycles. The summed E-state index contributed by atoms with van der Waals surface area (Å²) in [6, 6.07) is 2.92. The first kappa shape index (κ1) is 16.8. The van der Waals surface area contributed by atoms with Gasteiger partial charge in [0.2, 0.25) is 5.91 Å². The van der Waals surface area contributed by atoms with Gasteiger partial charge in [-0.2, -0.15) is 0 Å². The first-order chi connectivity index (χ1) is 9.34. The average molecular weight is 326 g/mol. The third kappa shape index (κ3) is 5.41. The fraction of sp³-hybridized carbons (Fsp3) is 0.364. The van der Waals surface area contributed by atoms with E-state index in [-0.39, 0.29) is 23.8 Å². The maximum absolute atomic E-state index is 13.6. The van der Waals surface area contributed by atoms with Crippen LogP contribution in [-0.2, 0) is 23.3 Å². The lowest BCUT2D eigenvalue weighted by Gasteiger charge is -2.07. The first-order valence-electron chi connectivity index (χ1n) is 5.45. The second kappa shape index (κ2) is 7.53. The minimum Gasteiger partial charge on any atom is -0.382 e. The Hall–Kier alpha value is -1.22. The molecular formula is C11H13ClFNO5S. The summed E-state index contributed by atoms with van der Waals surface area (Å²) >= 11 is 0. The monoisotopic (exact) mass is 325 g/mol. The van der Waals surface area contributed by atoms with Crippen LogP contribution in [0.25, 0.3) is 0 Å². The molecule has 0 radical (unpaired) electrons. The van der Waals surface area contributed by atoms with Crippen molar-refractivity contribution in [1.29, 1.82) is 0 Å². The van der Waals surface area contributed by atoms with E-state index in [1.54, 1.807) is 0 Å². The number of methoxy groups -OCH3 is 1. The highest BCUT2D eigenvalue weighted by Crippen LogP contribution is 2.21. The van der Waals surface area contributed by atoms with Gasteiger partial charge in [-0.3, -0.25) is 4.79 Å². The third-order valence-corrected chi connectivity index (χ3v) is 3.51. The molecule has 0 bridgehead atoms. The van der Waals surface area contributed by atoms with Crippen LogP contribution in [0.5, 0.6) is 0 Å². The van der Waals surface area contributed by atoms with Gasteiger partial charge in [-0.1, -0.05) is 0 Å². The van der Waals surface area contributed by atoms with E-state index >= 15 is 0 Å². The maximum atomic E-state index is 13.6. The van der Waals surface area contributed by atoms with Crippen LogP contribution in [0.1, 0.15) is 0 Å². The van der Waals surface area contributed by atoms with Crippen LogP contribution in [0, 0.1) is 5.82 Å². The predicted octanol–water partition coefficient (Wildman–Crippen LogP) is 1.35. The molecule has 0 saturated heterocycles. The van der Waals surface area contributed by atoms with Gasteiger partial charge in [0.05, 0.1) is 23.8 Å². The van der Waals surface area contributed by atoms with E-state index in [0.717, 1.165) is 18.2 Å². The molecule has 0 aromatic heterocycles. The van der Waals surface area contributed by atoms with E-state index in [4.69, 9.17) is 20.2 Å². The van der Waals surface area contributed by atoms with E-state index < -0.39 is 20.8 Å². The summed E-state index contributed by atoms with van der Waals surface area (Å²) in [7, 11) is 2.55. The van der Waals surface area contributed by atoms with Crippen LogP contribution < -0.4 is 5.32 Å². The fourth-order valence-electron chi connectivity index (χ4n) is 1.24. The van der Waals surface area contributed by atoms with Crippen molar-refractivity contribution in [1.82, 2.24) is 0 Å². The van der Waals surface area contributed by atoms with E-state index in [1.807, 2.05) is 0 Å². The highest BCUT2D eigenvalue weighted by molar-refractivity contribution is 8.13. The number of ether oxygens (including phenoxy) is 2. The summed E-state index contributed by atoms with van der Waals surface area (Å²) in [6.07, 6.45) is 0. The zero-order valence-electron chi connectivity index (χ0n) is 10.6. The van der Waals surface area contributed by atoms with Gasteiger partial charge in [-0.15, -0.1) is 0 Å². The van der Waals surface area contributed by atoms with Crippen LogP contribution in [-0.4, -0.2) is 41.3 Å². The smallest absolute Gasteiger partial charge is 0.261 e. The standard InChI is InChI=1S/C11H13ClFNO5S/c1-18-4-5-19-7-11(15)14-10-3-2-8(6-9(10)13)20(12,16)17/h2-3,6H,4-5,7H2,1H3,(H,14,15). The van der Waals surface area contributed by atoms with Crippen molar-refractivity contribution in [3.05, 3.63) is 24.0 Å². The molecule has 0 aliphatic carbocycles. The predicted molar refractivity (Wildman–Crippen MR) is 70.8 cm³/mol. The van der Waals surface area contributed by atoms with E-state index in [2.05, 4.69) is 5.32 Å².